The Morgan fingerprint density at radius 2 is 1.72 bits per heavy atom. The zero-order chi connectivity index (χ0) is 13.3. The van der Waals surface area contributed by atoms with Crippen LogP contribution in [0.5, 0.6) is 0 Å². The van der Waals surface area contributed by atoms with E-state index in [9.17, 15) is 8.78 Å². The van der Waals surface area contributed by atoms with E-state index in [-0.39, 0.29) is 11.5 Å². The fourth-order valence-corrected chi connectivity index (χ4v) is 2.98. The summed E-state index contributed by atoms with van der Waals surface area (Å²) in [5.74, 6) is 0.397. The van der Waals surface area contributed by atoms with Gasteiger partial charge in [0.2, 0.25) is 0 Å². The second kappa shape index (κ2) is 5.35. The van der Waals surface area contributed by atoms with Gasteiger partial charge in [-0.1, -0.05) is 26.3 Å². The molecule has 0 heterocycles. The summed E-state index contributed by atoms with van der Waals surface area (Å²) in [5, 5.41) is 0. The van der Waals surface area contributed by atoms with Gasteiger partial charge in [-0.05, 0) is 42.7 Å². The average Bonchev–Trinajstić information content (AvgIpc) is 2.32. The fourth-order valence-electron chi connectivity index (χ4n) is 2.98. The van der Waals surface area contributed by atoms with Crippen molar-refractivity contribution in [2.75, 3.05) is 0 Å². The summed E-state index contributed by atoms with van der Waals surface area (Å²) < 4.78 is 27.4. The Bertz CT molecular complexity index is 399. The summed E-state index contributed by atoms with van der Waals surface area (Å²) >= 11 is 0. The maximum Gasteiger partial charge on any atom is 0.130 e. The summed E-state index contributed by atoms with van der Waals surface area (Å²) in [4.78, 5) is 0. The van der Waals surface area contributed by atoms with Crippen molar-refractivity contribution in [3.8, 4) is 0 Å². The lowest BCUT2D eigenvalue weighted by Gasteiger charge is -2.35. The molecule has 0 spiro atoms. The lowest BCUT2D eigenvalue weighted by atomic mass is 9.72. The molecule has 0 aliphatic heterocycles. The molecule has 0 radical (unpaired) electrons. The molecule has 0 bridgehead atoms. The van der Waals surface area contributed by atoms with Gasteiger partial charge in [0, 0.05) is 11.6 Å². The topological polar surface area (TPSA) is 26.0 Å². The molecule has 4 atom stereocenters. The summed E-state index contributed by atoms with van der Waals surface area (Å²) in [5.41, 5.74) is 6.16. The van der Waals surface area contributed by atoms with Gasteiger partial charge in [0.15, 0.2) is 0 Å². The number of hydrogen-bond donors (Lipinski definition) is 1. The molecule has 18 heavy (non-hydrogen) atoms. The summed E-state index contributed by atoms with van der Waals surface area (Å²) in [6.45, 7) is 4.43. The highest BCUT2D eigenvalue weighted by Crippen LogP contribution is 2.39. The van der Waals surface area contributed by atoms with Crippen molar-refractivity contribution >= 4 is 0 Å². The third-order valence-electron chi connectivity index (χ3n) is 4.48. The minimum atomic E-state index is -0.527. The molecule has 0 amide bonds. The van der Waals surface area contributed by atoms with E-state index in [2.05, 4.69) is 13.8 Å². The number of halogens is 2. The van der Waals surface area contributed by atoms with E-state index >= 15 is 0 Å². The van der Waals surface area contributed by atoms with Crippen LogP contribution in [0.15, 0.2) is 18.2 Å². The first kappa shape index (κ1) is 13.5. The molecule has 3 heteroatoms. The second-order valence-corrected chi connectivity index (χ2v) is 5.69. The van der Waals surface area contributed by atoms with E-state index in [1.54, 1.807) is 0 Å². The van der Waals surface area contributed by atoms with Gasteiger partial charge in [-0.25, -0.2) is 8.78 Å². The van der Waals surface area contributed by atoms with Crippen molar-refractivity contribution in [2.45, 2.75) is 39.2 Å². The van der Waals surface area contributed by atoms with E-state index in [1.807, 2.05) is 0 Å². The standard InChI is InChI=1S/C15H21F2N/c1-9-6-7-11(8-10(9)2)15(18)14-12(16)4-3-5-13(14)17/h3-5,9-11,15H,6-8,18H2,1-2H3. The molecule has 0 aromatic heterocycles. The number of nitrogens with two attached hydrogens (primary N) is 1. The van der Waals surface area contributed by atoms with Crippen molar-refractivity contribution in [1.82, 2.24) is 0 Å². The highest BCUT2D eigenvalue weighted by atomic mass is 19.1. The van der Waals surface area contributed by atoms with Gasteiger partial charge in [0.1, 0.15) is 11.6 Å². The minimum absolute atomic E-state index is 0.0595. The van der Waals surface area contributed by atoms with Gasteiger partial charge in [-0.15, -0.1) is 0 Å². The Labute approximate surface area is 107 Å². The maximum absolute atomic E-state index is 13.7. The zero-order valence-corrected chi connectivity index (χ0v) is 11.0. The first-order valence-electron chi connectivity index (χ1n) is 6.70. The van der Waals surface area contributed by atoms with Gasteiger partial charge in [-0.3, -0.25) is 0 Å². The van der Waals surface area contributed by atoms with E-state index in [4.69, 9.17) is 5.73 Å². The van der Waals surface area contributed by atoms with E-state index in [0.717, 1.165) is 19.3 Å². The molecule has 1 fully saturated rings. The van der Waals surface area contributed by atoms with Gasteiger partial charge in [-0.2, -0.15) is 0 Å². The van der Waals surface area contributed by atoms with Crippen LogP contribution in [-0.2, 0) is 0 Å². The van der Waals surface area contributed by atoms with Crippen LogP contribution >= 0.6 is 0 Å². The van der Waals surface area contributed by atoms with Crippen molar-refractivity contribution in [3.63, 3.8) is 0 Å². The Balaban J connectivity index is 2.19. The average molecular weight is 253 g/mol. The normalized spacial score (nSPS) is 30.2. The van der Waals surface area contributed by atoms with Gasteiger partial charge in [0.05, 0.1) is 0 Å². The van der Waals surface area contributed by atoms with E-state index in [1.165, 1.54) is 18.2 Å². The largest absolute Gasteiger partial charge is 0.324 e. The Morgan fingerprint density at radius 3 is 2.28 bits per heavy atom. The Morgan fingerprint density at radius 1 is 1.11 bits per heavy atom. The lowest BCUT2D eigenvalue weighted by molar-refractivity contribution is 0.183. The Kier molecular flexibility index (Phi) is 4.00. The Hall–Kier alpha value is -0.960. The van der Waals surface area contributed by atoms with E-state index in [0.29, 0.717) is 11.8 Å². The molecule has 1 aromatic carbocycles. The molecule has 1 nitrogen and oxygen atoms in total. The molecular formula is C15H21F2N. The van der Waals surface area contributed by atoms with Crippen molar-refractivity contribution in [2.24, 2.45) is 23.5 Å². The third-order valence-corrected chi connectivity index (χ3v) is 4.48. The van der Waals surface area contributed by atoms with Crippen molar-refractivity contribution < 1.29 is 8.78 Å². The predicted octanol–water partition coefficient (Wildman–Crippen LogP) is 4.04. The first-order valence-corrected chi connectivity index (χ1v) is 6.70. The molecule has 100 valence electrons. The smallest absolute Gasteiger partial charge is 0.130 e. The lowest BCUT2D eigenvalue weighted by Crippen LogP contribution is -2.30. The van der Waals surface area contributed by atoms with Crippen LogP contribution < -0.4 is 5.73 Å². The summed E-state index contributed by atoms with van der Waals surface area (Å²) in [6, 6.07) is 3.42. The van der Waals surface area contributed by atoms with Crippen LogP contribution in [0.4, 0.5) is 8.78 Å². The summed E-state index contributed by atoms with van der Waals surface area (Å²) in [6.07, 6.45) is 3.01. The minimum Gasteiger partial charge on any atom is -0.324 e. The molecule has 1 aliphatic rings. The van der Waals surface area contributed by atoms with Crippen LogP contribution in [0.3, 0.4) is 0 Å². The van der Waals surface area contributed by atoms with Gasteiger partial charge in [0.25, 0.3) is 0 Å². The van der Waals surface area contributed by atoms with Gasteiger partial charge >= 0.3 is 0 Å². The number of rotatable bonds is 2. The monoisotopic (exact) mass is 253 g/mol. The van der Waals surface area contributed by atoms with Crippen molar-refractivity contribution in [3.05, 3.63) is 35.4 Å². The highest BCUT2D eigenvalue weighted by molar-refractivity contribution is 5.23. The molecule has 0 saturated heterocycles. The molecule has 4 unspecified atom stereocenters. The first-order chi connectivity index (χ1) is 8.50. The maximum atomic E-state index is 13.7. The fraction of sp³-hybridized carbons (Fsp3) is 0.600. The third kappa shape index (κ3) is 2.56. The second-order valence-electron chi connectivity index (χ2n) is 5.69. The zero-order valence-electron chi connectivity index (χ0n) is 11.0. The SMILES string of the molecule is CC1CCC(C(N)c2c(F)cccc2F)CC1C. The van der Waals surface area contributed by atoms with Gasteiger partial charge < -0.3 is 5.73 Å². The van der Waals surface area contributed by atoms with Crippen LogP contribution in [0.1, 0.15) is 44.7 Å². The molecule has 2 N–H and O–H groups in total. The molecule has 1 aromatic rings. The van der Waals surface area contributed by atoms with Crippen LogP contribution in [0.25, 0.3) is 0 Å². The molecule has 1 aliphatic carbocycles. The van der Waals surface area contributed by atoms with Crippen LogP contribution in [0.2, 0.25) is 0 Å². The number of hydrogen-bond acceptors (Lipinski definition) is 1. The van der Waals surface area contributed by atoms with Crippen LogP contribution in [-0.4, -0.2) is 0 Å². The molecule has 2 rings (SSSR count). The highest BCUT2D eigenvalue weighted by Gasteiger charge is 2.31. The molecule has 1 saturated carbocycles. The number of benzene rings is 1. The summed E-state index contributed by atoms with van der Waals surface area (Å²) in [7, 11) is 0. The van der Waals surface area contributed by atoms with Crippen LogP contribution in [0, 0.1) is 29.4 Å². The predicted molar refractivity (Wildman–Crippen MR) is 69.0 cm³/mol. The molecular weight excluding hydrogens is 232 g/mol. The van der Waals surface area contributed by atoms with Crippen molar-refractivity contribution in [1.29, 1.82) is 0 Å². The quantitative estimate of drug-likeness (QED) is 0.845. The van der Waals surface area contributed by atoms with E-state index < -0.39 is 17.7 Å².